The van der Waals surface area contributed by atoms with Crippen LogP contribution in [-0.4, -0.2) is 73.0 Å². The summed E-state index contributed by atoms with van der Waals surface area (Å²) in [7, 11) is 3.13. The molecule has 270 valence electrons. The van der Waals surface area contributed by atoms with Crippen molar-refractivity contribution in [2.45, 2.75) is 90.2 Å². The summed E-state index contributed by atoms with van der Waals surface area (Å²) >= 11 is 0. The summed E-state index contributed by atoms with van der Waals surface area (Å²) in [6.45, 7) is 12.0. The number of quaternary nitrogens is 1. The molecule has 50 heavy (non-hydrogen) atoms. The van der Waals surface area contributed by atoms with Gasteiger partial charge in [0, 0.05) is 11.8 Å². The second-order valence-electron chi connectivity index (χ2n) is 14.5. The number of aliphatic carboxylic acids is 1. The normalized spacial score (nSPS) is 21.0. The maximum Gasteiger partial charge on any atom is 0.363 e. The number of rotatable bonds is 14. The number of likely N-dealkylation sites (tertiary alicyclic amines) is 1. The highest BCUT2D eigenvalue weighted by Crippen LogP contribution is 2.45. The zero-order chi connectivity index (χ0) is 36.6. The molecule has 5 unspecified atom stereocenters. The second kappa shape index (κ2) is 16.6. The van der Waals surface area contributed by atoms with Crippen LogP contribution in [0.4, 0.5) is 0 Å². The summed E-state index contributed by atoms with van der Waals surface area (Å²) in [5.74, 6) is -1.18. The number of ether oxygens (including phenoxy) is 4. The summed E-state index contributed by atoms with van der Waals surface area (Å²) in [5.41, 5.74) is 1.95. The number of benzene rings is 3. The first kappa shape index (κ1) is 38.4. The zero-order valence-electron chi connectivity index (χ0n) is 30.8. The van der Waals surface area contributed by atoms with Crippen LogP contribution in [0.1, 0.15) is 95.2 Å². The van der Waals surface area contributed by atoms with Crippen molar-refractivity contribution in [2.24, 2.45) is 5.92 Å². The van der Waals surface area contributed by atoms with E-state index >= 15 is 4.79 Å². The van der Waals surface area contributed by atoms with Crippen molar-refractivity contribution in [3.8, 4) is 17.2 Å². The Kier molecular flexibility index (Phi) is 12.7. The number of carbonyl (C=O) groups excluding carboxylic acids is 2. The molecule has 3 aromatic rings. The SMILES string of the molecule is CCC(C)C(C(=O)[N+]1(C[C@@H](C)c2cccc(OCC(=O)OC(C)(C)C)c2)CCCC(c2ccc(OC)c(OC)c2)C1C(=O)O)c1ccccc1. The standard InChI is InChI=1S/C41H53NO8/c1-9-27(2)37(29-15-11-10-12-16-29)39(44)42(25-28(3)30-17-13-18-32(23-30)49-26-36(43)50-41(4,5)6)22-14-19-33(38(42)40(45)46)31-20-21-34(47-7)35(24-31)48-8/h10-13,15-18,20-21,23-24,27-28,33,37-38H,9,14,19,22,25-26H2,1-8H3/p+1/t27?,28-,33?,37?,38?,42?/m1/s1. The monoisotopic (exact) mass is 688 g/mol. The summed E-state index contributed by atoms with van der Waals surface area (Å²) in [6, 6.07) is 21.7. The predicted molar refractivity (Wildman–Crippen MR) is 193 cm³/mol. The highest BCUT2D eigenvalue weighted by Gasteiger charge is 2.57. The Balaban J connectivity index is 1.80. The molecule has 1 N–H and O–H groups in total. The third kappa shape index (κ3) is 8.85. The van der Waals surface area contributed by atoms with Crippen LogP contribution >= 0.6 is 0 Å². The minimum absolute atomic E-state index is 0.0179. The summed E-state index contributed by atoms with van der Waals surface area (Å²) < 4.78 is 22.1. The number of carboxylic acid groups (broad SMARTS) is 1. The number of nitrogens with zero attached hydrogens (tertiary/aromatic N) is 1. The quantitative estimate of drug-likeness (QED) is 0.135. The maximum absolute atomic E-state index is 15.4. The average Bonchev–Trinajstić information content (AvgIpc) is 3.09. The molecule has 0 aliphatic carbocycles. The van der Waals surface area contributed by atoms with Crippen molar-refractivity contribution in [2.75, 3.05) is 33.9 Å². The van der Waals surface area contributed by atoms with Gasteiger partial charge in [-0.05, 0) is 80.5 Å². The Morgan fingerprint density at radius 1 is 0.900 bits per heavy atom. The van der Waals surface area contributed by atoms with Crippen LogP contribution in [0.25, 0.3) is 0 Å². The Hall–Kier alpha value is -4.37. The van der Waals surface area contributed by atoms with Crippen molar-refractivity contribution < 1.29 is 42.9 Å². The van der Waals surface area contributed by atoms with Crippen molar-refractivity contribution in [1.82, 2.24) is 0 Å². The van der Waals surface area contributed by atoms with Gasteiger partial charge < -0.3 is 24.1 Å². The largest absolute Gasteiger partial charge is 0.493 e. The number of hydrogen-bond acceptors (Lipinski definition) is 7. The number of amides is 1. The van der Waals surface area contributed by atoms with E-state index in [2.05, 4.69) is 13.8 Å². The number of carboxylic acids is 1. The molecular formula is C41H54NO8+. The lowest BCUT2D eigenvalue weighted by molar-refractivity contribution is -0.880. The van der Waals surface area contributed by atoms with Crippen molar-refractivity contribution in [3.05, 3.63) is 89.5 Å². The smallest absolute Gasteiger partial charge is 0.363 e. The summed E-state index contributed by atoms with van der Waals surface area (Å²) in [6.07, 6.45) is 2.04. The van der Waals surface area contributed by atoms with Gasteiger partial charge in [0.1, 0.15) is 17.3 Å². The van der Waals surface area contributed by atoms with Crippen LogP contribution in [0.5, 0.6) is 17.2 Å². The van der Waals surface area contributed by atoms with Gasteiger partial charge in [-0.3, -0.25) is 0 Å². The lowest BCUT2D eigenvalue weighted by atomic mass is 9.77. The molecule has 1 saturated heterocycles. The first-order valence-electron chi connectivity index (χ1n) is 17.6. The molecule has 1 aliphatic rings. The van der Waals surface area contributed by atoms with E-state index in [0.717, 1.165) is 23.1 Å². The van der Waals surface area contributed by atoms with Gasteiger partial charge in [0.05, 0.1) is 27.3 Å². The Labute approximate surface area is 297 Å². The molecule has 9 heteroatoms. The van der Waals surface area contributed by atoms with Gasteiger partial charge >= 0.3 is 17.8 Å². The van der Waals surface area contributed by atoms with Crippen LogP contribution < -0.4 is 14.2 Å². The molecule has 9 nitrogen and oxygen atoms in total. The van der Waals surface area contributed by atoms with Gasteiger partial charge in [-0.1, -0.05) is 75.7 Å². The van der Waals surface area contributed by atoms with Gasteiger partial charge in [0.25, 0.3) is 0 Å². The molecule has 4 rings (SSSR count). The highest BCUT2D eigenvalue weighted by atomic mass is 16.6. The molecule has 0 spiro atoms. The van der Waals surface area contributed by atoms with Crippen molar-refractivity contribution >= 4 is 17.8 Å². The molecule has 0 radical (unpaired) electrons. The molecule has 1 heterocycles. The van der Waals surface area contributed by atoms with E-state index in [9.17, 15) is 14.7 Å². The Morgan fingerprint density at radius 3 is 2.20 bits per heavy atom. The van der Waals surface area contributed by atoms with E-state index in [1.165, 1.54) is 0 Å². The Morgan fingerprint density at radius 2 is 1.58 bits per heavy atom. The molecule has 0 saturated carbocycles. The van der Waals surface area contributed by atoms with E-state index < -0.39 is 35.4 Å². The second-order valence-corrected chi connectivity index (χ2v) is 14.5. The van der Waals surface area contributed by atoms with Crippen molar-refractivity contribution in [1.29, 1.82) is 0 Å². The minimum atomic E-state index is -1.04. The van der Waals surface area contributed by atoms with Gasteiger partial charge in [-0.15, -0.1) is 0 Å². The predicted octanol–water partition coefficient (Wildman–Crippen LogP) is 7.73. The van der Waals surface area contributed by atoms with Crippen LogP contribution in [0, 0.1) is 5.92 Å². The first-order chi connectivity index (χ1) is 23.7. The molecule has 1 amide bonds. The van der Waals surface area contributed by atoms with E-state index in [0.29, 0.717) is 36.6 Å². The number of esters is 1. The highest BCUT2D eigenvalue weighted by molar-refractivity contribution is 5.83. The summed E-state index contributed by atoms with van der Waals surface area (Å²) in [4.78, 5) is 41.5. The van der Waals surface area contributed by atoms with Gasteiger partial charge in [-0.25, -0.2) is 18.9 Å². The number of piperidine rings is 1. The zero-order valence-corrected chi connectivity index (χ0v) is 30.8. The fraction of sp³-hybridized carbons (Fsp3) is 0.488. The Bertz CT molecular complexity index is 1620. The third-order valence-corrected chi connectivity index (χ3v) is 9.95. The van der Waals surface area contributed by atoms with Gasteiger partial charge in [0.15, 0.2) is 18.1 Å². The van der Waals surface area contributed by atoms with E-state index in [1.807, 2.05) is 67.6 Å². The van der Waals surface area contributed by atoms with Gasteiger partial charge in [-0.2, -0.15) is 0 Å². The average molecular weight is 689 g/mol. The number of carbonyl (C=O) groups is 3. The molecule has 1 fully saturated rings. The number of hydrogen-bond donors (Lipinski definition) is 1. The van der Waals surface area contributed by atoms with Crippen LogP contribution in [0.2, 0.25) is 0 Å². The fourth-order valence-corrected chi connectivity index (χ4v) is 7.50. The van der Waals surface area contributed by atoms with Crippen molar-refractivity contribution in [3.63, 3.8) is 0 Å². The molecule has 6 atom stereocenters. The van der Waals surface area contributed by atoms with Crippen LogP contribution in [-0.2, 0) is 19.1 Å². The van der Waals surface area contributed by atoms with E-state index in [4.69, 9.17) is 18.9 Å². The number of methoxy groups -OCH3 is 2. The first-order valence-corrected chi connectivity index (χ1v) is 17.6. The molecule has 1 aliphatic heterocycles. The fourth-order valence-electron chi connectivity index (χ4n) is 7.50. The lowest BCUT2D eigenvalue weighted by Crippen LogP contribution is -2.68. The third-order valence-electron chi connectivity index (χ3n) is 9.95. The van der Waals surface area contributed by atoms with Crippen LogP contribution in [0.15, 0.2) is 72.8 Å². The summed E-state index contributed by atoms with van der Waals surface area (Å²) in [5, 5.41) is 11.2. The lowest BCUT2D eigenvalue weighted by Gasteiger charge is -2.49. The topological polar surface area (TPSA) is 108 Å². The van der Waals surface area contributed by atoms with E-state index in [1.54, 1.807) is 47.1 Å². The molecule has 3 aromatic carbocycles. The molecular weight excluding hydrogens is 634 g/mol. The molecule has 0 bridgehead atoms. The van der Waals surface area contributed by atoms with Crippen LogP contribution in [0.3, 0.4) is 0 Å². The van der Waals surface area contributed by atoms with E-state index in [-0.39, 0.29) is 35.4 Å². The molecule has 0 aromatic heterocycles. The van der Waals surface area contributed by atoms with Gasteiger partial charge in [0.2, 0.25) is 6.04 Å². The maximum atomic E-state index is 15.4. The minimum Gasteiger partial charge on any atom is -0.493 e.